The summed E-state index contributed by atoms with van der Waals surface area (Å²) in [6, 6.07) is 4.25. The number of aliphatic carboxylic acids is 1. The van der Waals surface area contributed by atoms with Gasteiger partial charge < -0.3 is 10.0 Å². The van der Waals surface area contributed by atoms with Crippen LogP contribution >= 0.6 is 22.7 Å². The lowest BCUT2D eigenvalue weighted by atomic mass is 9.80. The minimum Gasteiger partial charge on any atom is -0.481 e. The normalized spacial score (nSPS) is 20.2. The number of nitrogens with zero attached hydrogens (tertiary/aromatic N) is 2. The van der Waals surface area contributed by atoms with Gasteiger partial charge in [-0.3, -0.25) is 4.79 Å². The number of hydrogen-bond acceptors (Lipinski definition) is 5. The van der Waals surface area contributed by atoms with Crippen LogP contribution in [-0.4, -0.2) is 22.6 Å². The Hall–Kier alpha value is -1.40. The molecule has 6 heteroatoms. The van der Waals surface area contributed by atoms with Crippen molar-refractivity contribution < 1.29 is 9.90 Å². The molecule has 0 atom stereocenters. The van der Waals surface area contributed by atoms with Crippen LogP contribution in [0.5, 0.6) is 0 Å². The number of thiazole rings is 1. The van der Waals surface area contributed by atoms with Gasteiger partial charge in [0.05, 0.1) is 18.7 Å². The van der Waals surface area contributed by atoms with E-state index in [2.05, 4.69) is 36.3 Å². The molecule has 1 aliphatic carbocycles. The highest BCUT2D eigenvalue weighted by Crippen LogP contribution is 2.38. The molecule has 0 bridgehead atoms. The Bertz CT molecular complexity index is 717. The standard InChI is InChI=1S/C20H28N2O2S2/c1-3-15-5-7-16(8-6-15)18-13-25-20(21-18)22(11-10-19(23)24)12-17-9-4-14(2)26-17/h4,9,13,15-16H,3,5-8,10-12H2,1-2H3,(H,23,24). The molecule has 3 rings (SSSR count). The SMILES string of the molecule is CCC1CCC(c2csc(N(CCC(=O)O)Cc3ccc(C)s3)n2)CC1. The summed E-state index contributed by atoms with van der Waals surface area (Å²) in [4.78, 5) is 20.7. The summed E-state index contributed by atoms with van der Waals surface area (Å²) in [5.74, 6) is 0.707. The van der Waals surface area contributed by atoms with Crippen LogP contribution in [0.15, 0.2) is 17.5 Å². The molecule has 0 saturated heterocycles. The number of aryl methyl sites for hydroxylation is 1. The third-order valence-electron chi connectivity index (χ3n) is 5.36. The predicted molar refractivity (Wildman–Crippen MR) is 109 cm³/mol. The molecule has 1 N–H and O–H groups in total. The average Bonchev–Trinajstić information content (AvgIpc) is 3.28. The van der Waals surface area contributed by atoms with Crippen molar-refractivity contribution in [1.29, 1.82) is 0 Å². The summed E-state index contributed by atoms with van der Waals surface area (Å²) in [5.41, 5.74) is 1.21. The molecule has 1 saturated carbocycles. The Labute approximate surface area is 163 Å². The quantitative estimate of drug-likeness (QED) is 0.628. The van der Waals surface area contributed by atoms with E-state index >= 15 is 0 Å². The Kier molecular flexibility index (Phi) is 6.70. The number of carboxylic acid groups (broad SMARTS) is 1. The van der Waals surface area contributed by atoms with Gasteiger partial charge in [-0.1, -0.05) is 13.3 Å². The first-order chi connectivity index (χ1) is 12.5. The third kappa shape index (κ3) is 5.07. The van der Waals surface area contributed by atoms with Gasteiger partial charge in [-0.2, -0.15) is 0 Å². The Morgan fingerprint density at radius 2 is 2.08 bits per heavy atom. The molecular weight excluding hydrogens is 364 g/mol. The van der Waals surface area contributed by atoms with Crippen molar-refractivity contribution in [2.45, 2.75) is 64.8 Å². The molecule has 1 fully saturated rings. The highest BCUT2D eigenvalue weighted by Gasteiger charge is 2.24. The van der Waals surface area contributed by atoms with Gasteiger partial charge >= 0.3 is 5.97 Å². The molecule has 0 radical (unpaired) electrons. The topological polar surface area (TPSA) is 53.4 Å². The number of carboxylic acids is 1. The number of carbonyl (C=O) groups is 1. The maximum absolute atomic E-state index is 11.1. The molecular formula is C20H28N2O2S2. The summed E-state index contributed by atoms with van der Waals surface area (Å²) in [6.07, 6.45) is 6.53. The number of hydrogen-bond donors (Lipinski definition) is 1. The van der Waals surface area contributed by atoms with E-state index < -0.39 is 5.97 Å². The molecule has 0 spiro atoms. The van der Waals surface area contributed by atoms with Crippen molar-refractivity contribution in [3.8, 4) is 0 Å². The summed E-state index contributed by atoms with van der Waals surface area (Å²) < 4.78 is 0. The second kappa shape index (κ2) is 9.00. The largest absolute Gasteiger partial charge is 0.481 e. The fourth-order valence-corrected chi connectivity index (χ4v) is 5.55. The van der Waals surface area contributed by atoms with Gasteiger partial charge in [-0.05, 0) is 50.7 Å². The lowest BCUT2D eigenvalue weighted by Gasteiger charge is -2.26. The Balaban J connectivity index is 1.70. The van der Waals surface area contributed by atoms with E-state index in [1.165, 1.54) is 47.6 Å². The second-order valence-corrected chi connectivity index (χ2v) is 9.47. The third-order valence-corrected chi connectivity index (χ3v) is 7.27. The first-order valence-corrected chi connectivity index (χ1v) is 11.2. The molecule has 4 nitrogen and oxygen atoms in total. The van der Waals surface area contributed by atoms with Crippen LogP contribution in [0.4, 0.5) is 5.13 Å². The minimum atomic E-state index is -0.757. The first kappa shape index (κ1) is 19.4. The van der Waals surface area contributed by atoms with Crippen LogP contribution in [0.1, 0.15) is 66.8 Å². The van der Waals surface area contributed by atoms with Gasteiger partial charge in [0.2, 0.25) is 0 Å². The van der Waals surface area contributed by atoms with E-state index in [1.54, 1.807) is 22.7 Å². The first-order valence-electron chi connectivity index (χ1n) is 9.52. The van der Waals surface area contributed by atoms with Gasteiger partial charge in [0.15, 0.2) is 5.13 Å². The van der Waals surface area contributed by atoms with Crippen molar-refractivity contribution in [3.05, 3.63) is 33.0 Å². The summed E-state index contributed by atoms with van der Waals surface area (Å²) in [5, 5.41) is 12.3. The zero-order chi connectivity index (χ0) is 18.5. The van der Waals surface area contributed by atoms with Crippen molar-refractivity contribution >= 4 is 33.8 Å². The van der Waals surface area contributed by atoms with E-state index in [9.17, 15) is 4.79 Å². The van der Waals surface area contributed by atoms with E-state index in [0.717, 1.165) is 17.6 Å². The van der Waals surface area contributed by atoms with Gasteiger partial charge in [0.1, 0.15) is 0 Å². The zero-order valence-electron chi connectivity index (χ0n) is 15.6. The second-order valence-electron chi connectivity index (χ2n) is 7.26. The molecule has 1 aliphatic rings. The molecule has 142 valence electrons. The predicted octanol–water partition coefficient (Wildman–Crippen LogP) is 5.68. The molecule has 2 aromatic rings. The van der Waals surface area contributed by atoms with Gasteiger partial charge in [0, 0.05) is 27.6 Å². The summed E-state index contributed by atoms with van der Waals surface area (Å²) >= 11 is 3.43. The van der Waals surface area contributed by atoms with Gasteiger partial charge in [-0.15, -0.1) is 22.7 Å². The fourth-order valence-electron chi connectivity index (χ4n) is 3.71. The lowest BCUT2D eigenvalue weighted by molar-refractivity contribution is -0.136. The monoisotopic (exact) mass is 392 g/mol. The molecule has 26 heavy (non-hydrogen) atoms. The van der Waals surface area contributed by atoms with E-state index in [4.69, 9.17) is 10.1 Å². The minimum absolute atomic E-state index is 0.140. The number of anilines is 1. The molecule has 0 aromatic carbocycles. The molecule has 0 amide bonds. The lowest BCUT2D eigenvalue weighted by Crippen LogP contribution is -2.25. The van der Waals surface area contributed by atoms with Crippen molar-refractivity contribution in [3.63, 3.8) is 0 Å². The van der Waals surface area contributed by atoms with Crippen molar-refractivity contribution in [1.82, 2.24) is 4.98 Å². The zero-order valence-corrected chi connectivity index (χ0v) is 17.2. The van der Waals surface area contributed by atoms with Gasteiger partial charge in [0.25, 0.3) is 0 Å². The fraction of sp³-hybridized carbons (Fsp3) is 0.600. The van der Waals surface area contributed by atoms with E-state index in [0.29, 0.717) is 12.5 Å². The van der Waals surface area contributed by atoms with Crippen molar-refractivity contribution in [2.75, 3.05) is 11.4 Å². The number of rotatable bonds is 8. The van der Waals surface area contributed by atoms with Crippen LogP contribution in [0.25, 0.3) is 0 Å². The van der Waals surface area contributed by atoms with Crippen LogP contribution in [0.3, 0.4) is 0 Å². The van der Waals surface area contributed by atoms with Crippen LogP contribution in [0, 0.1) is 12.8 Å². The molecule has 2 aromatic heterocycles. The maximum atomic E-state index is 11.1. The van der Waals surface area contributed by atoms with E-state index in [1.807, 2.05) is 0 Å². The Morgan fingerprint density at radius 1 is 1.31 bits per heavy atom. The van der Waals surface area contributed by atoms with Crippen LogP contribution in [-0.2, 0) is 11.3 Å². The van der Waals surface area contributed by atoms with Crippen LogP contribution < -0.4 is 4.90 Å². The number of aromatic nitrogens is 1. The number of thiophene rings is 1. The highest BCUT2D eigenvalue weighted by atomic mass is 32.1. The van der Waals surface area contributed by atoms with Crippen LogP contribution in [0.2, 0.25) is 0 Å². The molecule has 2 heterocycles. The van der Waals surface area contributed by atoms with E-state index in [-0.39, 0.29) is 6.42 Å². The summed E-state index contributed by atoms with van der Waals surface area (Å²) in [7, 11) is 0. The average molecular weight is 393 g/mol. The smallest absolute Gasteiger partial charge is 0.305 e. The Morgan fingerprint density at radius 3 is 2.69 bits per heavy atom. The molecule has 0 unspecified atom stereocenters. The highest BCUT2D eigenvalue weighted by molar-refractivity contribution is 7.14. The van der Waals surface area contributed by atoms with Crippen molar-refractivity contribution in [2.24, 2.45) is 5.92 Å². The summed E-state index contributed by atoms with van der Waals surface area (Å²) in [6.45, 7) is 5.63. The molecule has 0 aliphatic heterocycles. The maximum Gasteiger partial charge on any atom is 0.305 e. The van der Waals surface area contributed by atoms with Gasteiger partial charge in [-0.25, -0.2) is 4.98 Å².